The molecule has 0 aliphatic carbocycles. The maximum Gasteiger partial charge on any atom is 0.423 e. The summed E-state index contributed by atoms with van der Waals surface area (Å²) in [6, 6.07) is 4.50. The van der Waals surface area contributed by atoms with E-state index in [0.29, 0.717) is 0 Å². The first-order valence-electron chi connectivity index (χ1n) is 5.95. The summed E-state index contributed by atoms with van der Waals surface area (Å²) < 4.78 is 45.4. The van der Waals surface area contributed by atoms with Crippen LogP contribution in [0.2, 0.25) is 0 Å². The van der Waals surface area contributed by atoms with E-state index in [1.165, 1.54) is 12.3 Å². The monoisotopic (exact) mass is 261 g/mol. The van der Waals surface area contributed by atoms with Crippen LogP contribution >= 0.6 is 0 Å². The average Bonchev–Trinajstić information content (AvgIpc) is 2.27. The maximum absolute atomic E-state index is 13.4. The van der Waals surface area contributed by atoms with Crippen LogP contribution in [0.25, 0.3) is 0 Å². The van der Waals surface area contributed by atoms with Crippen LogP contribution in [0.4, 0.5) is 13.2 Å². The van der Waals surface area contributed by atoms with E-state index in [1.807, 2.05) is 0 Å². The fourth-order valence-electron chi connectivity index (χ4n) is 2.00. The number of hydrogen-bond acceptors (Lipinski definition) is 2. The summed E-state index contributed by atoms with van der Waals surface area (Å²) in [4.78, 5) is 3.84. The molecule has 2 nitrogen and oxygen atoms in total. The van der Waals surface area contributed by atoms with Crippen molar-refractivity contribution in [2.24, 2.45) is 5.92 Å². The second kappa shape index (κ2) is 5.69. The molecule has 0 saturated carbocycles. The fourth-order valence-corrected chi connectivity index (χ4v) is 2.00. The van der Waals surface area contributed by atoms with Crippen LogP contribution in [0.3, 0.4) is 0 Å². The third-order valence-electron chi connectivity index (χ3n) is 2.62. The predicted molar refractivity (Wildman–Crippen MR) is 63.1 cm³/mol. The molecule has 0 fully saturated rings. The molecular weight excluding hydrogens is 243 g/mol. The molecular formula is C13H18F3NO. The van der Waals surface area contributed by atoms with Gasteiger partial charge in [-0.15, -0.1) is 0 Å². The molecule has 1 heterocycles. The van der Waals surface area contributed by atoms with Crippen molar-refractivity contribution in [2.75, 3.05) is 6.61 Å². The summed E-state index contributed by atoms with van der Waals surface area (Å²) in [5, 5.41) is 0. The van der Waals surface area contributed by atoms with Gasteiger partial charge in [0.1, 0.15) is 0 Å². The van der Waals surface area contributed by atoms with Gasteiger partial charge in [-0.2, -0.15) is 13.2 Å². The fraction of sp³-hybridized carbons (Fsp3) is 0.615. The van der Waals surface area contributed by atoms with E-state index >= 15 is 0 Å². The third-order valence-corrected chi connectivity index (χ3v) is 2.62. The molecule has 0 bridgehead atoms. The summed E-state index contributed by atoms with van der Waals surface area (Å²) in [5.41, 5.74) is -2.38. The van der Waals surface area contributed by atoms with Gasteiger partial charge in [0.05, 0.1) is 5.69 Å². The first-order chi connectivity index (χ1) is 8.33. The van der Waals surface area contributed by atoms with E-state index in [1.54, 1.807) is 32.9 Å². The van der Waals surface area contributed by atoms with Crippen LogP contribution in [0.15, 0.2) is 24.4 Å². The van der Waals surface area contributed by atoms with E-state index in [2.05, 4.69) is 4.98 Å². The van der Waals surface area contributed by atoms with Gasteiger partial charge < -0.3 is 4.74 Å². The minimum Gasteiger partial charge on any atom is -0.360 e. The lowest BCUT2D eigenvalue weighted by Gasteiger charge is -2.36. The van der Waals surface area contributed by atoms with Gasteiger partial charge in [0.2, 0.25) is 5.60 Å². The number of pyridine rings is 1. The second-order valence-corrected chi connectivity index (χ2v) is 4.57. The van der Waals surface area contributed by atoms with Gasteiger partial charge in [0.15, 0.2) is 0 Å². The Kier molecular flexibility index (Phi) is 4.73. The molecule has 1 rings (SSSR count). The quantitative estimate of drug-likeness (QED) is 0.801. The summed E-state index contributed by atoms with van der Waals surface area (Å²) in [7, 11) is 0. The molecule has 0 spiro atoms. The lowest BCUT2D eigenvalue weighted by Crippen LogP contribution is -2.46. The van der Waals surface area contributed by atoms with Gasteiger partial charge in [-0.25, -0.2) is 0 Å². The number of hydrogen-bond donors (Lipinski definition) is 0. The molecule has 1 unspecified atom stereocenters. The van der Waals surface area contributed by atoms with E-state index in [4.69, 9.17) is 4.74 Å². The average molecular weight is 261 g/mol. The lowest BCUT2D eigenvalue weighted by molar-refractivity contribution is -0.291. The highest BCUT2D eigenvalue weighted by molar-refractivity contribution is 5.16. The summed E-state index contributed by atoms with van der Waals surface area (Å²) in [5.74, 6) is -0.153. The molecule has 0 aliphatic rings. The Bertz CT molecular complexity index is 364. The Labute approximate surface area is 105 Å². The molecule has 0 amide bonds. The standard InChI is InChI=1S/C13H18F3NO/c1-4-18-12(9-10(2)3,13(14,15)16)11-7-5-6-8-17-11/h5-8,10H,4,9H2,1-3H3. The highest BCUT2D eigenvalue weighted by Crippen LogP contribution is 2.45. The van der Waals surface area contributed by atoms with Gasteiger partial charge in [0, 0.05) is 12.8 Å². The number of halogens is 3. The third kappa shape index (κ3) is 3.02. The summed E-state index contributed by atoms with van der Waals surface area (Å²) in [6.45, 7) is 5.03. The minimum absolute atomic E-state index is 0.0111. The van der Waals surface area contributed by atoms with E-state index in [9.17, 15) is 13.2 Å². The maximum atomic E-state index is 13.4. The number of nitrogens with zero attached hydrogens (tertiary/aromatic N) is 1. The topological polar surface area (TPSA) is 22.1 Å². The van der Waals surface area contributed by atoms with E-state index in [-0.39, 0.29) is 24.6 Å². The molecule has 102 valence electrons. The number of ether oxygens (including phenoxy) is 1. The van der Waals surface area contributed by atoms with Crippen molar-refractivity contribution in [3.63, 3.8) is 0 Å². The zero-order valence-electron chi connectivity index (χ0n) is 10.8. The predicted octanol–water partition coefficient (Wildman–Crippen LogP) is 3.92. The number of rotatable bonds is 5. The highest BCUT2D eigenvalue weighted by Gasteiger charge is 2.58. The molecule has 18 heavy (non-hydrogen) atoms. The Hall–Kier alpha value is -1.10. The van der Waals surface area contributed by atoms with Crippen LogP contribution in [0, 0.1) is 5.92 Å². The molecule has 1 aromatic rings. The largest absolute Gasteiger partial charge is 0.423 e. The zero-order chi connectivity index (χ0) is 13.8. The summed E-state index contributed by atoms with van der Waals surface area (Å²) >= 11 is 0. The van der Waals surface area contributed by atoms with Crippen molar-refractivity contribution in [3.8, 4) is 0 Å². The normalized spacial score (nSPS) is 15.7. The van der Waals surface area contributed by atoms with Gasteiger partial charge in [-0.1, -0.05) is 19.9 Å². The minimum atomic E-state index is -4.48. The van der Waals surface area contributed by atoms with Crippen LogP contribution in [0.5, 0.6) is 0 Å². The van der Waals surface area contributed by atoms with E-state index < -0.39 is 11.8 Å². The SMILES string of the molecule is CCOC(CC(C)C)(c1ccccn1)C(F)(F)F. The number of alkyl halides is 3. The Balaban J connectivity index is 3.29. The molecule has 5 heteroatoms. The molecule has 0 radical (unpaired) electrons. The van der Waals surface area contributed by atoms with Gasteiger partial charge in [0.25, 0.3) is 0 Å². The molecule has 1 atom stereocenters. The first-order valence-corrected chi connectivity index (χ1v) is 5.95. The number of aromatic nitrogens is 1. The van der Waals surface area contributed by atoms with Crippen LogP contribution in [-0.4, -0.2) is 17.8 Å². The second-order valence-electron chi connectivity index (χ2n) is 4.57. The summed E-state index contributed by atoms with van der Waals surface area (Å²) in [6.07, 6.45) is -3.27. The molecule has 0 N–H and O–H groups in total. The van der Waals surface area contributed by atoms with Gasteiger partial charge >= 0.3 is 6.18 Å². The van der Waals surface area contributed by atoms with Gasteiger partial charge in [-0.3, -0.25) is 4.98 Å². The van der Waals surface area contributed by atoms with Crippen LogP contribution in [0.1, 0.15) is 32.9 Å². The molecule has 0 aromatic carbocycles. The lowest BCUT2D eigenvalue weighted by atomic mass is 9.87. The van der Waals surface area contributed by atoms with Crippen molar-refractivity contribution in [2.45, 2.75) is 39.0 Å². The highest BCUT2D eigenvalue weighted by atomic mass is 19.4. The molecule has 0 aliphatic heterocycles. The smallest absolute Gasteiger partial charge is 0.360 e. The Morgan fingerprint density at radius 2 is 1.94 bits per heavy atom. The first kappa shape index (κ1) is 15.0. The Morgan fingerprint density at radius 1 is 1.28 bits per heavy atom. The van der Waals surface area contributed by atoms with Gasteiger partial charge in [-0.05, 0) is 31.4 Å². The Morgan fingerprint density at radius 3 is 2.33 bits per heavy atom. The zero-order valence-corrected chi connectivity index (χ0v) is 10.8. The van der Waals surface area contributed by atoms with Crippen molar-refractivity contribution in [1.29, 1.82) is 0 Å². The van der Waals surface area contributed by atoms with Crippen molar-refractivity contribution < 1.29 is 17.9 Å². The van der Waals surface area contributed by atoms with Crippen LogP contribution < -0.4 is 0 Å². The van der Waals surface area contributed by atoms with Crippen molar-refractivity contribution in [1.82, 2.24) is 4.98 Å². The van der Waals surface area contributed by atoms with Crippen molar-refractivity contribution >= 4 is 0 Å². The molecule has 1 aromatic heterocycles. The van der Waals surface area contributed by atoms with Crippen molar-refractivity contribution in [3.05, 3.63) is 30.1 Å². The van der Waals surface area contributed by atoms with Crippen LogP contribution in [-0.2, 0) is 10.3 Å². The molecule has 0 saturated heterocycles. The van der Waals surface area contributed by atoms with E-state index in [0.717, 1.165) is 0 Å².